The van der Waals surface area contributed by atoms with Crippen molar-refractivity contribution in [2.45, 2.75) is 59.8 Å². The van der Waals surface area contributed by atoms with Crippen LogP contribution in [0.25, 0.3) is 0 Å². The van der Waals surface area contributed by atoms with Crippen LogP contribution in [0.5, 0.6) is 0 Å². The Bertz CT molecular complexity index is 321. The Morgan fingerprint density at radius 3 is 2.56 bits per heavy atom. The number of aromatic nitrogens is 2. The minimum Gasteiger partial charge on any atom is -0.370 e. The van der Waals surface area contributed by atoms with Crippen LogP contribution < -0.4 is 5.32 Å². The van der Waals surface area contributed by atoms with Crippen molar-refractivity contribution in [3.63, 3.8) is 0 Å². The predicted octanol–water partition coefficient (Wildman–Crippen LogP) is 3.84. The van der Waals surface area contributed by atoms with Crippen LogP contribution in [0.4, 0.5) is 5.82 Å². The van der Waals surface area contributed by atoms with Gasteiger partial charge < -0.3 is 5.32 Å². The molecule has 0 unspecified atom stereocenters. The fourth-order valence-electron chi connectivity index (χ4n) is 1.87. The van der Waals surface area contributed by atoms with Crippen molar-refractivity contribution in [3.05, 3.63) is 17.6 Å². The van der Waals surface area contributed by atoms with Crippen LogP contribution in [0, 0.1) is 5.92 Å². The first-order valence-corrected chi connectivity index (χ1v) is 7.26. The van der Waals surface area contributed by atoms with Crippen LogP contribution in [0.2, 0.25) is 0 Å². The molecule has 0 aromatic carbocycles. The molecular weight excluding hydrogens is 222 g/mol. The van der Waals surface area contributed by atoms with Gasteiger partial charge in [-0.2, -0.15) is 0 Å². The monoisotopic (exact) mass is 249 g/mol. The molecular formula is C15H27N3. The highest BCUT2D eigenvalue weighted by atomic mass is 15.0. The zero-order valence-corrected chi connectivity index (χ0v) is 12.3. The number of rotatable bonds is 8. The molecule has 3 heteroatoms. The van der Waals surface area contributed by atoms with E-state index in [1.807, 2.05) is 0 Å². The first-order chi connectivity index (χ1) is 8.65. The standard InChI is InChI=1S/C15H27N3/c1-5-7-8-14-17-13(10-12(3)4)11-15(18-14)16-9-6-2/h11-12H,5-10H2,1-4H3,(H,16,17,18). The van der Waals surface area contributed by atoms with Gasteiger partial charge in [0.25, 0.3) is 0 Å². The van der Waals surface area contributed by atoms with Gasteiger partial charge >= 0.3 is 0 Å². The Balaban J connectivity index is 2.81. The summed E-state index contributed by atoms with van der Waals surface area (Å²) in [5.41, 5.74) is 1.17. The quantitative estimate of drug-likeness (QED) is 0.760. The third-order valence-corrected chi connectivity index (χ3v) is 2.75. The van der Waals surface area contributed by atoms with Crippen molar-refractivity contribution < 1.29 is 0 Å². The molecule has 3 nitrogen and oxygen atoms in total. The van der Waals surface area contributed by atoms with Gasteiger partial charge in [-0.05, 0) is 25.2 Å². The minimum atomic E-state index is 0.637. The molecule has 102 valence electrons. The number of unbranched alkanes of at least 4 members (excludes halogenated alkanes) is 1. The van der Waals surface area contributed by atoms with E-state index in [0.29, 0.717) is 5.92 Å². The summed E-state index contributed by atoms with van der Waals surface area (Å²) in [4.78, 5) is 9.26. The van der Waals surface area contributed by atoms with Crippen molar-refractivity contribution in [1.82, 2.24) is 9.97 Å². The smallest absolute Gasteiger partial charge is 0.131 e. The molecule has 0 radical (unpaired) electrons. The first kappa shape index (κ1) is 14.9. The van der Waals surface area contributed by atoms with Crippen molar-refractivity contribution in [1.29, 1.82) is 0 Å². The first-order valence-electron chi connectivity index (χ1n) is 7.26. The fraction of sp³-hybridized carbons (Fsp3) is 0.733. The van der Waals surface area contributed by atoms with E-state index in [1.54, 1.807) is 0 Å². The molecule has 1 N–H and O–H groups in total. The summed E-state index contributed by atoms with van der Waals surface area (Å²) in [5.74, 6) is 2.63. The maximum absolute atomic E-state index is 4.67. The summed E-state index contributed by atoms with van der Waals surface area (Å²) in [6, 6.07) is 2.10. The number of hydrogen-bond acceptors (Lipinski definition) is 3. The molecule has 0 aliphatic heterocycles. The summed E-state index contributed by atoms with van der Waals surface area (Å²) >= 11 is 0. The lowest BCUT2D eigenvalue weighted by molar-refractivity contribution is 0.627. The molecule has 0 atom stereocenters. The maximum atomic E-state index is 4.67. The van der Waals surface area contributed by atoms with Gasteiger partial charge in [0.15, 0.2) is 0 Å². The highest BCUT2D eigenvalue weighted by Crippen LogP contribution is 2.12. The van der Waals surface area contributed by atoms with Gasteiger partial charge in [0.1, 0.15) is 11.6 Å². The van der Waals surface area contributed by atoms with E-state index in [9.17, 15) is 0 Å². The predicted molar refractivity (Wildman–Crippen MR) is 78.0 cm³/mol. The molecule has 0 bridgehead atoms. The molecule has 0 amide bonds. The van der Waals surface area contributed by atoms with E-state index < -0.39 is 0 Å². The lowest BCUT2D eigenvalue weighted by Gasteiger charge is -2.10. The summed E-state index contributed by atoms with van der Waals surface area (Å²) in [6.45, 7) is 9.81. The summed E-state index contributed by atoms with van der Waals surface area (Å²) in [6.07, 6.45) is 5.49. The van der Waals surface area contributed by atoms with Gasteiger partial charge in [0, 0.05) is 24.7 Å². The van der Waals surface area contributed by atoms with Crippen molar-refractivity contribution >= 4 is 5.82 Å². The molecule has 1 heterocycles. The molecule has 0 saturated carbocycles. The highest BCUT2D eigenvalue weighted by Gasteiger charge is 2.06. The minimum absolute atomic E-state index is 0.637. The normalized spacial score (nSPS) is 10.9. The average molecular weight is 249 g/mol. The van der Waals surface area contributed by atoms with Crippen LogP contribution in [0.15, 0.2) is 6.07 Å². The summed E-state index contributed by atoms with van der Waals surface area (Å²) in [7, 11) is 0. The van der Waals surface area contributed by atoms with Crippen LogP contribution in [-0.4, -0.2) is 16.5 Å². The Labute approximate surface area is 111 Å². The van der Waals surface area contributed by atoms with Gasteiger partial charge in [0.05, 0.1) is 0 Å². The van der Waals surface area contributed by atoms with E-state index >= 15 is 0 Å². The molecule has 0 spiro atoms. The van der Waals surface area contributed by atoms with Gasteiger partial charge in [-0.3, -0.25) is 0 Å². The van der Waals surface area contributed by atoms with Crippen LogP contribution in [0.1, 0.15) is 58.5 Å². The molecule has 0 aliphatic rings. The zero-order chi connectivity index (χ0) is 13.4. The third-order valence-electron chi connectivity index (χ3n) is 2.75. The van der Waals surface area contributed by atoms with Gasteiger partial charge in [-0.25, -0.2) is 9.97 Å². The SMILES string of the molecule is CCCCc1nc(CC(C)C)cc(NCCC)n1. The molecule has 0 aliphatic carbocycles. The number of anilines is 1. The van der Waals surface area contributed by atoms with Crippen molar-refractivity contribution in [3.8, 4) is 0 Å². The van der Waals surface area contributed by atoms with E-state index in [-0.39, 0.29) is 0 Å². The third kappa shape index (κ3) is 5.48. The average Bonchev–Trinajstić information content (AvgIpc) is 2.33. The number of hydrogen-bond donors (Lipinski definition) is 1. The van der Waals surface area contributed by atoms with E-state index in [1.165, 1.54) is 18.5 Å². The highest BCUT2D eigenvalue weighted by molar-refractivity contribution is 5.36. The topological polar surface area (TPSA) is 37.8 Å². The number of nitrogens with zero attached hydrogens (tertiary/aromatic N) is 2. The molecule has 1 rings (SSSR count). The number of aryl methyl sites for hydroxylation is 1. The summed E-state index contributed by atoms with van der Waals surface area (Å²) in [5, 5.41) is 3.37. The van der Waals surface area contributed by atoms with Crippen LogP contribution >= 0.6 is 0 Å². The molecule has 0 saturated heterocycles. The van der Waals surface area contributed by atoms with Crippen molar-refractivity contribution in [2.24, 2.45) is 5.92 Å². The van der Waals surface area contributed by atoms with Gasteiger partial charge in [0.2, 0.25) is 0 Å². The van der Waals surface area contributed by atoms with Crippen molar-refractivity contribution in [2.75, 3.05) is 11.9 Å². The maximum Gasteiger partial charge on any atom is 0.131 e. The number of nitrogens with one attached hydrogen (secondary N) is 1. The molecule has 0 fully saturated rings. The lowest BCUT2D eigenvalue weighted by atomic mass is 10.1. The molecule has 1 aromatic heterocycles. The Kier molecular flexibility index (Phi) is 6.69. The molecule has 18 heavy (non-hydrogen) atoms. The Hall–Kier alpha value is -1.12. The van der Waals surface area contributed by atoms with E-state index in [2.05, 4.69) is 49.0 Å². The fourth-order valence-corrected chi connectivity index (χ4v) is 1.87. The zero-order valence-electron chi connectivity index (χ0n) is 12.3. The van der Waals surface area contributed by atoms with E-state index in [0.717, 1.165) is 37.4 Å². The van der Waals surface area contributed by atoms with Gasteiger partial charge in [-0.15, -0.1) is 0 Å². The second-order valence-electron chi connectivity index (χ2n) is 5.29. The lowest BCUT2D eigenvalue weighted by Crippen LogP contribution is -2.08. The second kappa shape index (κ2) is 8.06. The van der Waals surface area contributed by atoms with Crippen LogP contribution in [-0.2, 0) is 12.8 Å². The Morgan fingerprint density at radius 2 is 1.94 bits per heavy atom. The van der Waals surface area contributed by atoms with E-state index in [4.69, 9.17) is 0 Å². The second-order valence-corrected chi connectivity index (χ2v) is 5.29. The largest absolute Gasteiger partial charge is 0.370 e. The Morgan fingerprint density at radius 1 is 1.17 bits per heavy atom. The van der Waals surface area contributed by atoms with Crippen LogP contribution in [0.3, 0.4) is 0 Å². The van der Waals surface area contributed by atoms with Gasteiger partial charge in [-0.1, -0.05) is 34.1 Å². The molecule has 1 aromatic rings. The summed E-state index contributed by atoms with van der Waals surface area (Å²) < 4.78 is 0.